The second-order valence-electron chi connectivity index (χ2n) is 4.49. The van der Waals surface area contributed by atoms with Crippen molar-refractivity contribution in [3.05, 3.63) is 35.7 Å². The third-order valence-corrected chi connectivity index (χ3v) is 4.77. The number of halogens is 1. The topological polar surface area (TPSA) is 122 Å². The Labute approximate surface area is 142 Å². The molecular formula is C13H13ClN4O5S. The number of hydrogen-bond acceptors (Lipinski definition) is 6. The third-order valence-electron chi connectivity index (χ3n) is 2.94. The first-order valence-corrected chi connectivity index (χ1v) is 8.26. The zero-order valence-electron chi connectivity index (χ0n) is 12.6. The predicted molar refractivity (Wildman–Crippen MR) is 87.3 cm³/mol. The molecule has 0 aliphatic heterocycles. The summed E-state index contributed by atoms with van der Waals surface area (Å²) in [7, 11) is -1.42. The number of carboxylic acid groups (broad SMARTS) is 1. The largest absolute Gasteiger partial charge is 0.480 e. The lowest BCUT2D eigenvalue weighted by Gasteiger charge is -2.17. The van der Waals surface area contributed by atoms with Crippen molar-refractivity contribution in [1.82, 2.24) is 9.97 Å². The second-order valence-corrected chi connectivity index (χ2v) is 6.50. The monoisotopic (exact) mass is 372 g/mol. The van der Waals surface area contributed by atoms with Gasteiger partial charge in [0.1, 0.15) is 15.7 Å². The van der Waals surface area contributed by atoms with Gasteiger partial charge in [0, 0.05) is 13.2 Å². The van der Waals surface area contributed by atoms with Gasteiger partial charge in [0.2, 0.25) is 5.88 Å². The summed E-state index contributed by atoms with van der Waals surface area (Å²) in [6.07, 6.45) is 1.29. The van der Waals surface area contributed by atoms with Gasteiger partial charge in [-0.2, -0.15) is 0 Å². The summed E-state index contributed by atoms with van der Waals surface area (Å²) in [6.45, 7) is 0. The van der Waals surface area contributed by atoms with Gasteiger partial charge in [-0.05, 0) is 18.2 Å². The Kier molecular flexibility index (Phi) is 5.10. The molecule has 2 aromatic heterocycles. The van der Waals surface area contributed by atoms with Crippen LogP contribution < -0.4 is 14.4 Å². The van der Waals surface area contributed by atoms with Crippen molar-refractivity contribution >= 4 is 39.1 Å². The van der Waals surface area contributed by atoms with Gasteiger partial charge in [-0.3, -0.25) is 9.62 Å². The molecule has 0 unspecified atom stereocenters. The van der Waals surface area contributed by atoms with Gasteiger partial charge in [0.15, 0.2) is 0 Å². The van der Waals surface area contributed by atoms with Crippen LogP contribution in [0.1, 0.15) is 0 Å². The third kappa shape index (κ3) is 3.66. The van der Waals surface area contributed by atoms with Crippen LogP contribution in [0.15, 0.2) is 35.5 Å². The van der Waals surface area contributed by atoms with Gasteiger partial charge in [-0.15, -0.1) is 0 Å². The first-order chi connectivity index (χ1) is 11.3. The molecule has 1 amide bonds. The van der Waals surface area contributed by atoms with E-state index in [4.69, 9.17) is 21.4 Å². The molecule has 9 nitrogen and oxygen atoms in total. The molecule has 0 aliphatic rings. The van der Waals surface area contributed by atoms with Crippen LogP contribution in [0, 0.1) is 0 Å². The molecular weight excluding hydrogens is 360 g/mol. The van der Waals surface area contributed by atoms with Crippen LogP contribution in [-0.2, 0) is 10.0 Å². The van der Waals surface area contributed by atoms with E-state index >= 15 is 0 Å². The Morgan fingerprint density at radius 3 is 2.71 bits per heavy atom. The average molecular weight is 373 g/mol. The predicted octanol–water partition coefficient (Wildman–Crippen LogP) is 2.05. The van der Waals surface area contributed by atoms with Crippen molar-refractivity contribution in [2.75, 3.05) is 23.8 Å². The Hall–Kier alpha value is -2.59. The van der Waals surface area contributed by atoms with Crippen LogP contribution in [0.4, 0.5) is 16.2 Å². The molecule has 0 aromatic carbocycles. The zero-order chi connectivity index (χ0) is 17.9. The molecule has 0 saturated carbocycles. The van der Waals surface area contributed by atoms with Crippen LogP contribution in [0.25, 0.3) is 0 Å². The number of carbonyl (C=O) groups is 1. The van der Waals surface area contributed by atoms with E-state index in [1.54, 1.807) is 0 Å². The van der Waals surface area contributed by atoms with Crippen molar-refractivity contribution in [2.24, 2.45) is 0 Å². The fraction of sp³-hybridized carbons (Fsp3) is 0.154. The molecule has 0 aliphatic carbocycles. The SMILES string of the molecule is COc1ncc(NS(=O)(=O)c2cccnc2Cl)cc1N(C)C(=O)O. The van der Waals surface area contributed by atoms with Crippen LogP contribution >= 0.6 is 11.6 Å². The van der Waals surface area contributed by atoms with Crippen molar-refractivity contribution in [1.29, 1.82) is 0 Å². The minimum Gasteiger partial charge on any atom is -0.480 e. The number of methoxy groups -OCH3 is 1. The summed E-state index contributed by atoms with van der Waals surface area (Å²) >= 11 is 5.79. The molecule has 2 aromatic rings. The number of rotatable bonds is 5. The average Bonchev–Trinajstić information content (AvgIpc) is 2.53. The van der Waals surface area contributed by atoms with E-state index in [1.165, 1.54) is 44.8 Å². The first-order valence-electron chi connectivity index (χ1n) is 6.40. The smallest absolute Gasteiger partial charge is 0.411 e. The Balaban J connectivity index is 2.42. The summed E-state index contributed by atoms with van der Waals surface area (Å²) < 4.78 is 32.0. The lowest BCUT2D eigenvalue weighted by Crippen LogP contribution is -2.25. The van der Waals surface area contributed by atoms with E-state index in [-0.39, 0.29) is 27.3 Å². The van der Waals surface area contributed by atoms with Crippen LogP contribution in [-0.4, -0.2) is 43.7 Å². The fourth-order valence-electron chi connectivity index (χ4n) is 1.78. The molecule has 11 heteroatoms. The molecule has 2 rings (SSSR count). The van der Waals surface area contributed by atoms with Crippen molar-refractivity contribution in [2.45, 2.75) is 4.90 Å². The van der Waals surface area contributed by atoms with E-state index in [2.05, 4.69) is 14.7 Å². The summed E-state index contributed by atoms with van der Waals surface area (Å²) in [6, 6.07) is 4.00. The molecule has 0 bridgehead atoms. The van der Waals surface area contributed by atoms with Crippen LogP contribution in [0.5, 0.6) is 5.88 Å². The minimum absolute atomic E-state index is 0.0299. The van der Waals surface area contributed by atoms with Gasteiger partial charge in [0.25, 0.3) is 10.0 Å². The van der Waals surface area contributed by atoms with E-state index < -0.39 is 16.1 Å². The number of nitrogens with zero attached hydrogens (tertiary/aromatic N) is 3. The maximum absolute atomic E-state index is 12.4. The zero-order valence-corrected chi connectivity index (χ0v) is 14.2. The quantitative estimate of drug-likeness (QED) is 0.770. The summed E-state index contributed by atoms with van der Waals surface area (Å²) in [4.78, 5) is 19.4. The maximum atomic E-state index is 12.4. The molecule has 0 radical (unpaired) electrons. The van der Waals surface area contributed by atoms with E-state index in [0.717, 1.165) is 4.90 Å². The van der Waals surface area contributed by atoms with Gasteiger partial charge >= 0.3 is 6.09 Å². The molecule has 0 saturated heterocycles. The second kappa shape index (κ2) is 6.89. The number of nitrogens with one attached hydrogen (secondary N) is 1. The van der Waals surface area contributed by atoms with Crippen LogP contribution in [0.2, 0.25) is 5.15 Å². The molecule has 0 spiro atoms. The minimum atomic E-state index is -4.02. The Morgan fingerprint density at radius 1 is 1.42 bits per heavy atom. The Bertz CT molecular complexity index is 874. The number of anilines is 2. The van der Waals surface area contributed by atoms with E-state index in [0.29, 0.717) is 0 Å². The number of amides is 1. The van der Waals surface area contributed by atoms with Gasteiger partial charge < -0.3 is 9.84 Å². The van der Waals surface area contributed by atoms with Gasteiger partial charge in [-0.25, -0.2) is 23.2 Å². The number of ether oxygens (including phenoxy) is 1. The maximum Gasteiger partial charge on any atom is 0.411 e. The molecule has 128 valence electrons. The number of hydrogen-bond donors (Lipinski definition) is 2. The highest BCUT2D eigenvalue weighted by Crippen LogP contribution is 2.29. The van der Waals surface area contributed by atoms with E-state index in [1.807, 2.05) is 0 Å². The first kappa shape index (κ1) is 17.8. The van der Waals surface area contributed by atoms with Gasteiger partial charge in [0.05, 0.1) is 19.0 Å². The van der Waals surface area contributed by atoms with Crippen molar-refractivity contribution in [3.8, 4) is 5.88 Å². The number of aromatic nitrogens is 2. The molecule has 0 atom stereocenters. The number of pyridine rings is 2. The molecule has 24 heavy (non-hydrogen) atoms. The molecule has 2 N–H and O–H groups in total. The highest BCUT2D eigenvalue weighted by atomic mass is 35.5. The van der Waals surface area contributed by atoms with Gasteiger partial charge in [-0.1, -0.05) is 11.6 Å². The van der Waals surface area contributed by atoms with E-state index in [9.17, 15) is 13.2 Å². The Morgan fingerprint density at radius 2 is 2.12 bits per heavy atom. The summed E-state index contributed by atoms with van der Waals surface area (Å²) in [5.41, 5.74) is 0.112. The van der Waals surface area contributed by atoms with Crippen LogP contribution in [0.3, 0.4) is 0 Å². The molecule has 0 fully saturated rings. The highest BCUT2D eigenvalue weighted by Gasteiger charge is 2.21. The highest BCUT2D eigenvalue weighted by molar-refractivity contribution is 7.92. The summed E-state index contributed by atoms with van der Waals surface area (Å²) in [5.74, 6) is 0.0299. The standard InChI is InChI=1S/C13H13ClN4O5S/c1-18(13(19)20)9-6-8(7-16-12(9)23-2)17-24(21,22)10-4-3-5-15-11(10)14/h3-7,17H,1-2H3,(H,19,20). The fourth-order valence-corrected chi connectivity index (χ4v) is 3.27. The lowest BCUT2D eigenvalue weighted by molar-refractivity contribution is 0.203. The summed E-state index contributed by atoms with van der Waals surface area (Å²) in [5, 5.41) is 8.89. The number of sulfonamides is 1. The van der Waals surface area contributed by atoms with Crippen molar-refractivity contribution < 1.29 is 23.1 Å². The normalized spacial score (nSPS) is 11.0. The lowest BCUT2D eigenvalue weighted by atomic mass is 10.3. The molecule has 2 heterocycles. The van der Waals surface area contributed by atoms with Crippen molar-refractivity contribution in [3.63, 3.8) is 0 Å².